The Morgan fingerprint density at radius 1 is 1.42 bits per heavy atom. The highest BCUT2D eigenvalue weighted by Crippen LogP contribution is 2.41. The molecule has 2 heterocycles. The van der Waals surface area contributed by atoms with Crippen LogP contribution in [0.2, 0.25) is 0 Å². The van der Waals surface area contributed by atoms with Gasteiger partial charge in [0, 0.05) is 36.3 Å². The number of fused-ring (bicyclic) bond motifs is 1. The average molecular weight is 324 g/mol. The molecule has 2 aromatic rings. The zero-order chi connectivity index (χ0) is 13.4. The molecule has 6 heteroatoms. The van der Waals surface area contributed by atoms with Gasteiger partial charge in [-0.3, -0.25) is 5.10 Å². The number of aromatic amines is 1. The summed E-state index contributed by atoms with van der Waals surface area (Å²) in [6.07, 6.45) is 0.947. The van der Waals surface area contributed by atoms with Crippen molar-refractivity contribution >= 4 is 15.9 Å². The predicted molar refractivity (Wildman–Crippen MR) is 75.4 cm³/mol. The van der Waals surface area contributed by atoms with Crippen molar-refractivity contribution in [3.8, 4) is 22.8 Å². The molecular weight excluding hydrogens is 310 g/mol. The van der Waals surface area contributed by atoms with Crippen LogP contribution in [0, 0.1) is 0 Å². The molecule has 0 aliphatic carbocycles. The minimum absolute atomic E-state index is 0.0977. The monoisotopic (exact) mass is 323 g/mol. The standard InChI is InChI=1S/C13H14BrN3O2/c1-19-10-3-2-7(11(14)13(10)18)12-8-6-15-5-4-9(8)16-17-12/h2-3,15,18H,4-6H2,1H3,(H,16,17). The van der Waals surface area contributed by atoms with E-state index in [0.717, 1.165) is 42.0 Å². The molecule has 0 bridgehead atoms. The first-order chi connectivity index (χ1) is 9.22. The minimum atomic E-state index is 0.0977. The molecule has 19 heavy (non-hydrogen) atoms. The molecule has 0 amide bonds. The zero-order valence-electron chi connectivity index (χ0n) is 10.5. The van der Waals surface area contributed by atoms with Crippen molar-refractivity contribution in [1.29, 1.82) is 0 Å². The van der Waals surface area contributed by atoms with Gasteiger partial charge in [0.25, 0.3) is 0 Å². The van der Waals surface area contributed by atoms with Gasteiger partial charge < -0.3 is 15.2 Å². The SMILES string of the molecule is COc1ccc(-c2n[nH]c3c2CNCC3)c(Br)c1O. The first-order valence-electron chi connectivity index (χ1n) is 6.05. The molecule has 0 unspecified atom stereocenters. The number of hydrogen-bond donors (Lipinski definition) is 3. The van der Waals surface area contributed by atoms with Gasteiger partial charge in [-0.15, -0.1) is 0 Å². The van der Waals surface area contributed by atoms with Crippen LogP contribution in [0.15, 0.2) is 16.6 Å². The van der Waals surface area contributed by atoms with E-state index in [2.05, 4.69) is 31.4 Å². The van der Waals surface area contributed by atoms with Crippen molar-refractivity contribution in [3.63, 3.8) is 0 Å². The van der Waals surface area contributed by atoms with E-state index in [1.165, 1.54) is 7.11 Å². The number of aromatic nitrogens is 2. The topological polar surface area (TPSA) is 70.2 Å². The van der Waals surface area contributed by atoms with Crippen LogP contribution in [0.25, 0.3) is 11.3 Å². The third-order valence-electron chi connectivity index (χ3n) is 3.36. The van der Waals surface area contributed by atoms with Gasteiger partial charge in [0.05, 0.1) is 17.3 Å². The summed E-state index contributed by atoms with van der Waals surface area (Å²) in [7, 11) is 1.53. The second kappa shape index (κ2) is 4.86. The minimum Gasteiger partial charge on any atom is -0.503 e. The molecule has 0 spiro atoms. The van der Waals surface area contributed by atoms with Gasteiger partial charge in [0.15, 0.2) is 11.5 Å². The van der Waals surface area contributed by atoms with Crippen molar-refractivity contribution in [2.45, 2.75) is 13.0 Å². The lowest BCUT2D eigenvalue weighted by Gasteiger charge is -2.14. The van der Waals surface area contributed by atoms with E-state index >= 15 is 0 Å². The molecule has 1 aromatic carbocycles. The second-order valence-electron chi connectivity index (χ2n) is 4.43. The number of benzene rings is 1. The van der Waals surface area contributed by atoms with Crippen molar-refractivity contribution in [3.05, 3.63) is 27.9 Å². The summed E-state index contributed by atoms with van der Waals surface area (Å²) < 4.78 is 5.69. The van der Waals surface area contributed by atoms with Crippen LogP contribution in [-0.4, -0.2) is 29.0 Å². The van der Waals surface area contributed by atoms with E-state index in [4.69, 9.17) is 4.74 Å². The summed E-state index contributed by atoms with van der Waals surface area (Å²) in [4.78, 5) is 0. The first-order valence-corrected chi connectivity index (χ1v) is 6.84. The predicted octanol–water partition coefficient (Wildman–Crippen LogP) is 2.20. The van der Waals surface area contributed by atoms with Crippen LogP contribution in [0.5, 0.6) is 11.5 Å². The highest BCUT2D eigenvalue weighted by atomic mass is 79.9. The molecular formula is C13H14BrN3O2. The average Bonchev–Trinajstić information content (AvgIpc) is 2.86. The van der Waals surface area contributed by atoms with Gasteiger partial charge in [-0.25, -0.2) is 0 Å². The van der Waals surface area contributed by atoms with E-state index in [-0.39, 0.29) is 5.75 Å². The van der Waals surface area contributed by atoms with Gasteiger partial charge in [0.1, 0.15) is 0 Å². The fraction of sp³-hybridized carbons (Fsp3) is 0.308. The number of hydrogen-bond acceptors (Lipinski definition) is 4. The first kappa shape index (κ1) is 12.5. The normalized spacial score (nSPS) is 14.2. The smallest absolute Gasteiger partial charge is 0.172 e. The number of halogens is 1. The third-order valence-corrected chi connectivity index (χ3v) is 4.16. The summed E-state index contributed by atoms with van der Waals surface area (Å²) in [5.41, 5.74) is 4.05. The van der Waals surface area contributed by atoms with Gasteiger partial charge in [0.2, 0.25) is 0 Å². The van der Waals surface area contributed by atoms with Gasteiger partial charge in [-0.2, -0.15) is 5.10 Å². The number of H-pyrrole nitrogens is 1. The third kappa shape index (κ3) is 2.01. The Balaban J connectivity index is 2.12. The van der Waals surface area contributed by atoms with Crippen molar-refractivity contribution in [1.82, 2.24) is 15.5 Å². The molecule has 100 valence electrons. The highest BCUT2D eigenvalue weighted by molar-refractivity contribution is 9.10. The molecule has 0 saturated heterocycles. The maximum Gasteiger partial charge on any atom is 0.172 e. The number of nitrogens with one attached hydrogen (secondary N) is 2. The Morgan fingerprint density at radius 3 is 3.05 bits per heavy atom. The quantitative estimate of drug-likeness (QED) is 0.792. The van der Waals surface area contributed by atoms with Crippen LogP contribution in [0.4, 0.5) is 0 Å². The van der Waals surface area contributed by atoms with Crippen molar-refractivity contribution < 1.29 is 9.84 Å². The Bertz CT molecular complexity index is 625. The summed E-state index contributed by atoms with van der Waals surface area (Å²) in [6.45, 7) is 1.75. The van der Waals surface area contributed by atoms with Crippen LogP contribution >= 0.6 is 15.9 Å². The number of rotatable bonds is 2. The second-order valence-corrected chi connectivity index (χ2v) is 5.23. The lowest BCUT2D eigenvalue weighted by Crippen LogP contribution is -2.23. The lowest BCUT2D eigenvalue weighted by molar-refractivity contribution is 0.372. The van der Waals surface area contributed by atoms with E-state index in [1.54, 1.807) is 6.07 Å². The Hall–Kier alpha value is -1.53. The summed E-state index contributed by atoms with van der Waals surface area (Å²) in [6, 6.07) is 3.64. The number of phenols is 1. The Labute approximate surface area is 119 Å². The van der Waals surface area contributed by atoms with E-state index < -0.39 is 0 Å². The number of nitrogens with zero attached hydrogens (tertiary/aromatic N) is 1. The molecule has 0 atom stereocenters. The van der Waals surface area contributed by atoms with E-state index in [9.17, 15) is 5.11 Å². The van der Waals surface area contributed by atoms with Crippen molar-refractivity contribution in [2.24, 2.45) is 0 Å². The highest BCUT2D eigenvalue weighted by Gasteiger charge is 2.21. The summed E-state index contributed by atoms with van der Waals surface area (Å²) in [5, 5.41) is 20.8. The molecule has 3 N–H and O–H groups in total. The van der Waals surface area contributed by atoms with Crippen LogP contribution in [-0.2, 0) is 13.0 Å². The number of methoxy groups -OCH3 is 1. The molecule has 3 rings (SSSR count). The summed E-state index contributed by atoms with van der Waals surface area (Å²) >= 11 is 3.42. The van der Waals surface area contributed by atoms with Gasteiger partial charge in [-0.05, 0) is 28.1 Å². The fourth-order valence-corrected chi connectivity index (χ4v) is 2.86. The zero-order valence-corrected chi connectivity index (χ0v) is 12.0. The van der Waals surface area contributed by atoms with Crippen LogP contribution < -0.4 is 10.1 Å². The van der Waals surface area contributed by atoms with E-state index in [0.29, 0.717) is 10.2 Å². The van der Waals surface area contributed by atoms with E-state index in [1.807, 2.05) is 6.07 Å². The number of phenolic OH excluding ortho intramolecular Hbond substituents is 1. The molecule has 1 aromatic heterocycles. The molecule has 0 saturated carbocycles. The van der Waals surface area contributed by atoms with Gasteiger partial charge in [-0.1, -0.05) is 0 Å². The summed E-state index contributed by atoms with van der Waals surface area (Å²) in [5.74, 6) is 0.540. The van der Waals surface area contributed by atoms with Crippen LogP contribution in [0.1, 0.15) is 11.3 Å². The Kier molecular flexibility index (Phi) is 3.20. The molecule has 5 nitrogen and oxygen atoms in total. The van der Waals surface area contributed by atoms with Crippen LogP contribution in [0.3, 0.4) is 0 Å². The largest absolute Gasteiger partial charge is 0.503 e. The van der Waals surface area contributed by atoms with Crippen molar-refractivity contribution in [2.75, 3.05) is 13.7 Å². The number of ether oxygens (including phenoxy) is 1. The maximum absolute atomic E-state index is 10.1. The molecule has 0 radical (unpaired) electrons. The maximum atomic E-state index is 10.1. The molecule has 1 aliphatic rings. The number of aromatic hydroxyl groups is 1. The molecule has 1 aliphatic heterocycles. The lowest BCUT2D eigenvalue weighted by atomic mass is 10.0. The van der Waals surface area contributed by atoms with Gasteiger partial charge >= 0.3 is 0 Å². The fourth-order valence-electron chi connectivity index (χ4n) is 2.34. The Morgan fingerprint density at radius 2 is 2.26 bits per heavy atom. The molecule has 0 fully saturated rings.